The molecule has 0 fully saturated rings. The van der Waals surface area contributed by atoms with Crippen molar-refractivity contribution >= 4 is 5.95 Å². The number of halogens is 2. The van der Waals surface area contributed by atoms with Crippen molar-refractivity contribution in [3.05, 3.63) is 35.5 Å². The normalized spacial score (nSPS) is 10.4. The van der Waals surface area contributed by atoms with Crippen molar-refractivity contribution in [2.45, 2.75) is 6.92 Å². The minimum Gasteiger partial charge on any atom is -0.497 e. The van der Waals surface area contributed by atoms with Gasteiger partial charge in [0.05, 0.1) is 18.4 Å². The summed E-state index contributed by atoms with van der Waals surface area (Å²) in [7, 11) is 1.33. The Labute approximate surface area is 102 Å². The fourth-order valence-corrected chi connectivity index (χ4v) is 1.63. The third-order valence-electron chi connectivity index (χ3n) is 2.38. The van der Waals surface area contributed by atoms with Crippen LogP contribution in [0.25, 0.3) is 11.3 Å². The number of nitrogen functional groups attached to an aromatic ring is 1. The standard InChI is InChI=1S/C12H11F2N3O/c1-6-3-10(17-12(15)16-6)11-8(13)4-7(18-2)5-9(11)14/h3-5H,1-2H3,(H2,15,16,17). The number of aryl methyl sites for hydroxylation is 1. The Morgan fingerprint density at radius 1 is 1.11 bits per heavy atom. The molecule has 0 atom stereocenters. The van der Waals surface area contributed by atoms with Crippen molar-refractivity contribution in [1.29, 1.82) is 0 Å². The van der Waals surface area contributed by atoms with Crippen LogP contribution in [0.15, 0.2) is 18.2 Å². The van der Waals surface area contributed by atoms with Crippen LogP contribution in [0.3, 0.4) is 0 Å². The maximum atomic E-state index is 13.8. The van der Waals surface area contributed by atoms with Crippen LogP contribution in [-0.4, -0.2) is 17.1 Å². The molecule has 2 rings (SSSR count). The van der Waals surface area contributed by atoms with Crippen molar-refractivity contribution in [3.8, 4) is 17.0 Å². The lowest BCUT2D eigenvalue weighted by molar-refractivity contribution is 0.407. The first kappa shape index (κ1) is 12.2. The highest BCUT2D eigenvalue weighted by molar-refractivity contribution is 5.63. The molecule has 2 aromatic rings. The molecule has 4 nitrogen and oxygen atoms in total. The molecule has 0 amide bonds. The lowest BCUT2D eigenvalue weighted by Crippen LogP contribution is -2.01. The molecule has 0 saturated carbocycles. The SMILES string of the molecule is COc1cc(F)c(-c2cc(C)nc(N)n2)c(F)c1. The maximum Gasteiger partial charge on any atom is 0.220 e. The Hall–Kier alpha value is -2.24. The third-order valence-corrected chi connectivity index (χ3v) is 2.38. The van der Waals surface area contributed by atoms with Crippen LogP contribution in [0.2, 0.25) is 0 Å². The monoisotopic (exact) mass is 251 g/mol. The molecule has 0 bridgehead atoms. The van der Waals surface area contributed by atoms with Crippen LogP contribution < -0.4 is 10.5 Å². The van der Waals surface area contributed by atoms with Gasteiger partial charge < -0.3 is 10.5 Å². The smallest absolute Gasteiger partial charge is 0.220 e. The zero-order valence-corrected chi connectivity index (χ0v) is 9.87. The predicted molar refractivity (Wildman–Crippen MR) is 63.1 cm³/mol. The molecular weight excluding hydrogens is 240 g/mol. The molecule has 18 heavy (non-hydrogen) atoms. The molecule has 1 aromatic carbocycles. The Bertz CT molecular complexity index is 559. The predicted octanol–water partition coefficient (Wildman–Crippen LogP) is 2.32. The minimum atomic E-state index is -0.760. The van der Waals surface area contributed by atoms with E-state index < -0.39 is 11.6 Å². The summed E-state index contributed by atoms with van der Waals surface area (Å²) in [5.74, 6) is -1.44. The first-order valence-electron chi connectivity index (χ1n) is 5.16. The van der Waals surface area contributed by atoms with E-state index in [4.69, 9.17) is 10.5 Å². The number of ether oxygens (including phenoxy) is 1. The Morgan fingerprint density at radius 3 is 2.22 bits per heavy atom. The van der Waals surface area contributed by atoms with Gasteiger partial charge in [-0.25, -0.2) is 18.7 Å². The molecule has 0 saturated heterocycles. The van der Waals surface area contributed by atoms with Crippen molar-refractivity contribution in [2.24, 2.45) is 0 Å². The van der Waals surface area contributed by atoms with Gasteiger partial charge >= 0.3 is 0 Å². The summed E-state index contributed by atoms with van der Waals surface area (Å²) in [6.45, 7) is 1.67. The number of rotatable bonds is 2. The van der Waals surface area contributed by atoms with E-state index in [9.17, 15) is 8.78 Å². The minimum absolute atomic E-state index is 0.0281. The quantitative estimate of drug-likeness (QED) is 0.889. The second-order valence-electron chi connectivity index (χ2n) is 3.72. The van der Waals surface area contributed by atoms with Crippen molar-refractivity contribution in [3.63, 3.8) is 0 Å². The van der Waals surface area contributed by atoms with Gasteiger partial charge in [0.25, 0.3) is 0 Å². The van der Waals surface area contributed by atoms with E-state index in [1.165, 1.54) is 13.2 Å². The summed E-state index contributed by atoms with van der Waals surface area (Å²) in [5.41, 5.74) is 5.86. The van der Waals surface area contributed by atoms with Crippen molar-refractivity contribution in [1.82, 2.24) is 9.97 Å². The van der Waals surface area contributed by atoms with Gasteiger partial charge in [-0.05, 0) is 13.0 Å². The maximum absolute atomic E-state index is 13.8. The van der Waals surface area contributed by atoms with Crippen molar-refractivity contribution in [2.75, 3.05) is 12.8 Å². The Balaban J connectivity index is 2.63. The summed E-state index contributed by atoms with van der Waals surface area (Å²) >= 11 is 0. The molecule has 0 unspecified atom stereocenters. The summed E-state index contributed by atoms with van der Waals surface area (Å²) in [6, 6.07) is 3.64. The van der Waals surface area contributed by atoms with Gasteiger partial charge in [0.1, 0.15) is 17.4 Å². The zero-order chi connectivity index (χ0) is 13.3. The highest BCUT2D eigenvalue weighted by atomic mass is 19.1. The van der Waals surface area contributed by atoms with E-state index in [-0.39, 0.29) is 23.0 Å². The van der Waals surface area contributed by atoms with Gasteiger partial charge in [-0.15, -0.1) is 0 Å². The molecule has 0 aliphatic carbocycles. The molecule has 1 aromatic heterocycles. The number of aromatic nitrogens is 2. The van der Waals surface area contributed by atoms with Gasteiger partial charge in [-0.2, -0.15) is 0 Å². The van der Waals surface area contributed by atoms with Gasteiger partial charge in [0, 0.05) is 17.8 Å². The molecule has 0 aliphatic heterocycles. The molecule has 0 radical (unpaired) electrons. The zero-order valence-electron chi connectivity index (χ0n) is 9.87. The first-order chi connectivity index (χ1) is 8.51. The van der Waals surface area contributed by atoms with Gasteiger partial charge in [-0.3, -0.25) is 0 Å². The second kappa shape index (κ2) is 4.56. The highest BCUT2D eigenvalue weighted by Crippen LogP contribution is 2.28. The highest BCUT2D eigenvalue weighted by Gasteiger charge is 2.16. The topological polar surface area (TPSA) is 61.0 Å². The molecule has 2 N–H and O–H groups in total. The number of benzene rings is 1. The van der Waals surface area contributed by atoms with Crippen LogP contribution in [0.5, 0.6) is 5.75 Å². The fraction of sp³-hybridized carbons (Fsp3) is 0.167. The van der Waals surface area contributed by atoms with Crippen LogP contribution >= 0.6 is 0 Å². The van der Waals surface area contributed by atoms with Crippen LogP contribution in [0.1, 0.15) is 5.69 Å². The number of hydrogen-bond donors (Lipinski definition) is 1. The number of anilines is 1. The van der Waals surface area contributed by atoms with E-state index in [1.807, 2.05) is 0 Å². The van der Waals surface area contributed by atoms with Crippen LogP contribution in [0.4, 0.5) is 14.7 Å². The van der Waals surface area contributed by atoms with Crippen LogP contribution in [0, 0.1) is 18.6 Å². The fourth-order valence-electron chi connectivity index (χ4n) is 1.63. The molecule has 94 valence electrons. The van der Waals surface area contributed by atoms with Crippen molar-refractivity contribution < 1.29 is 13.5 Å². The third kappa shape index (κ3) is 2.22. The van der Waals surface area contributed by atoms with Gasteiger partial charge in [0.15, 0.2) is 0 Å². The van der Waals surface area contributed by atoms with Gasteiger partial charge in [-0.1, -0.05) is 0 Å². The second-order valence-corrected chi connectivity index (χ2v) is 3.72. The summed E-state index contributed by atoms with van der Waals surface area (Å²) in [5, 5.41) is 0. The van der Waals surface area contributed by atoms with E-state index in [1.54, 1.807) is 6.92 Å². The summed E-state index contributed by atoms with van der Waals surface area (Å²) in [6.07, 6.45) is 0. The molecule has 6 heteroatoms. The Morgan fingerprint density at radius 2 is 1.72 bits per heavy atom. The Kier molecular flexibility index (Phi) is 3.10. The average molecular weight is 251 g/mol. The number of nitrogens with zero attached hydrogens (tertiary/aromatic N) is 2. The summed E-state index contributed by atoms with van der Waals surface area (Å²) < 4.78 is 32.4. The number of nitrogens with two attached hydrogens (primary N) is 1. The summed E-state index contributed by atoms with van der Waals surface area (Å²) in [4.78, 5) is 7.68. The number of methoxy groups -OCH3 is 1. The lowest BCUT2D eigenvalue weighted by atomic mass is 10.1. The van der Waals surface area contributed by atoms with E-state index in [2.05, 4.69) is 9.97 Å². The van der Waals surface area contributed by atoms with E-state index >= 15 is 0 Å². The number of hydrogen-bond acceptors (Lipinski definition) is 4. The van der Waals surface area contributed by atoms with Crippen LogP contribution in [-0.2, 0) is 0 Å². The van der Waals surface area contributed by atoms with Gasteiger partial charge in [0.2, 0.25) is 5.95 Å². The van der Waals surface area contributed by atoms with E-state index in [0.29, 0.717) is 5.69 Å². The molecule has 0 spiro atoms. The first-order valence-corrected chi connectivity index (χ1v) is 5.16. The molecule has 1 heterocycles. The lowest BCUT2D eigenvalue weighted by Gasteiger charge is -2.08. The average Bonchev–Trinajstić information content (AvgIpc) is 2.26. The largest absolute Gasteiger partial charge is 0.497 e. The molecular formula is C12H11F2N3O. The molecule has 0 aliphatic rings. The van der Waals surface area contributed by atoms with E-state index in [0.717, 1.165) is 12.1 Å².